The van der Waals surface area contributed by atoms with Crippen LogP contribution in [0, 0.1) is 11.8 Å². The molecule has 3 aliphatic rings. The average molecular weight is 380 g/mol. The number of hydrogen-bond donors (Lipinski definition) is 0. The molecule has 28 heavy (non-hydrogen) atoms. The highest BCUT2D eigenvalue weighted by Crippen LogP contribution is 2.70. The van der Waals surface area contributed by atoms with Crippen LogP contribution in [0.15, 0.2) is 36.4 Å². The summed E-state index contributed by atoms with van der Waals surface area (Å²) in [6.45, 7) is 3.90. The van der Waals surface area contributed by atoms with Crippen molar-refractivity contribution in [2.45, 2.75) is 24.7 Å². The van der Waals surface area contributed by atoms with E-state index in [4.69, 9.17) is 18.9 Å². The fourth-order valence-corrected chi connectivity index (χ4v) is 5.74. The normalized spacial score (nSPS) is 31.9. The van der Waals surface area contributed by atoms with E-state index >= 15 is 0 Å². The molecule has 2 heterocycles. The molecule has 144 valence electrons. The van der Waals surface area contributed by atoms with Gasteiger partial charge in [0, 0.05) is 34.1 Å². The third kappa shape index (κ3) is 1.78. The van der Waals surface area contributed by atoms with Gasteiger partial charge in [0.25, 0.3) is 0 Å². The lowest BCUT2D eigenvalue weighted by Gasteiger charge is -2.66. The van der Waals surface area contributed by atoms with Crippen molar-refractivity contribution < 1.29 is 28.5 Å². The molecule has 2 aromatic rings. The highest BCUT2D eigenvalue weighted by atomic mass is 16.5. The van der Waals surface area contributed by atoms with Crippen LogP contribution in [-0.4, -0.2) is 26.2 Å². The number of esters is 2. The molecule has 0 spiro atoms. The fraction of sp³-hybridized carbons (Fsp3) is 0.364. The van der Waals surface area contributed by atoms with Gasteiger partial charge in [-0.3, -0.25) is 9.59 Å². The summed E-state index contributed by atoms with van der Waals surface area (Å²) >= 11 is 0. The second kappa shape index (κ2) is 5.28. The Morgan fingerprint density at radius 3 is 1.50 bits per heavy atom. The number of carbonyl (C=O) groups excluding carboxylic acids is 2. The second-order valence-corrected chi connectivity index (χ2v) is 8.00. The molecule has 0 amide bonds. The van der Waals surface area contributed by atoms with Gasteiger partial charge in [-0.05, 0) is 12.1 Å². The zero-order valence-corrected chi connectivity index (χ0v) is 16.1. The quantitative estimate of drug-likeness (QED) is 0.589. The summed E-state index contributed by atoms with van der Waals surface area (Å²) in [6, 6.07) is 10.8. The minimum atomic E-state index is -0.708. The monoisotopic (exact) mass is 380 g/mol. The highest BCUT2D eigenvalue weighted by Gasteiger charge is 2.77. The number of methoxy groups -OCH3 is 2. The van der Waals surface area contributed by atoms with E-state index in [0.29, 0.717) is 23.0 Å². The van der Waals surface area contributed by atoms with E-state index in [9.17, 15) is 9.59 Å². The second-order valence-electron chi connectivity index (χ2n) is 8.00. The third-order valence-electron chi connectivity index (χ3n) is 6.83. The van der Waals surface area contributed by atoms with Crippen LogP contribution in [0.2, 0.25) is 0 Å². The van der Waals surface area contributed by atoms with E-state index in [0.717, 1.165) is 11.1 Å². The van der Waals surface area contributed by atoms with Crippen molar-refractivity contribution in [1.82, 2.24) is 0 Å². The number of hydrogen-bond acceptors (Lipinski definition) is 6. The molecule has 0 unspecified atom stereocenters. The highest BCUT2D eigenvalue weighted by molar-refractivity contribution is 5.94. The zero-order chi connectivity index (χ0) is 19.8. The maximum Gasteiger partial charge on any atom is 0.316 e. The summed E-state index contributed by atoms with van der Waals surface area (Å²) in [5.74, 6) is 0.421. The van der Waals surface area contributed by atoms with E-state index in [1.165, 1.54) is 0 Å². The SMILES string of the molecule is COc1ccc2c(c1)OC(=O)C1C2(C)C2C(=O)Oc3cc(OC)ccc3C12C. The molecule has 5 rings (SSSR count). The minimum absolute atomic E-state index is 0.335. The molecular formula is C22H20O6. The van der Waals surface area contributed by atoms with Gasteiger partial charge >= 0.3 is 11.9 Å². The van der Waals surface area contributed by atoms with Crippen LogP contribution in [0.25, 0.3) is 0 Å². The van der Waals surface area contributed by atoms with E-state index in [-0.39, 0.29) is 11.9 Å². The minimum Gasteiger partial charge on any atom is -0.497 e. The molecule has 0 bridgehead atoms. The van der Waals surface area contributed by atoms with Gasteiger partial charge in [-0.15, -0.1) is 0 Å². The Kier molecular flexibility index (Phi) is 3.22. The third-order valence-corrected chi connectivity index (χ3v) is 6.83. The topological polar surface area (TPSA) is 71.1 Å². The van der Waals surface area contributed by atoms with Crippen molar-refractivity contribution in [2.75, 3.05) is 14.2 Å². The van der Waals surface area contributed by atoms with Crippen LogP contribution in [-0.2, 0) is 20.4 Å². The van der Waals surface area contributed by atoms with E-state index in [2.05, 4.69) is 0 Å². The molecular weight excluding hydrogens is 360 g/mol. The van der Waals surface area contributed by atoms with Crippen molar-refractivity contribution >= 4 is 11.9 Å². The van der Waals surface area contributed by atoms with Crippen molar-refractivity contribution in [3.63, 3.8) is 0 Å². The van der Waals surface area contributed by atoms with Gasteiger partial charge in [0.1, 0.15) is 23.0 Å². The first kappa shape index (κ1) is 17.1. The first-order chi connectivity index (χ1) is 13.3. The van der Waals surface area contributed by atoms with Crippen molar-refractivity contribution in [3.8, 4) is 23.0 Å². The first-order valence-electron chi connectivity index (χ1n) is 9.16. The van der Waals surface area contributed by atoms with Gasteiger partial charge in [0.15, 0.2) is 0 Å². The van der Waals surface area contributed by atoms with Gasteiger partial charge in [-0.2, -0.15) is 0 Å². The molecule has 6 nitrogen and oxygen atoms in total. The number of benzene rings is 2. The Labute approximate surface area is 162 Å². The van der Waals surface area contributed by atoms with Crippen LogP contribution in [0.3, 0.4) is 0 Å². The van der Waals surface area contributed by atoms with Gasteiger partial charge in [-0.1, -0.05) is 26.0 Å². The molecule has 2 aliphatic heterocycles. The van der Waals surface area contributed by atoms with Gasteiger partial charge in [0.05, 0.1) is 26.1 Å². The molecule has 1 aliphatic carbocycles. The van der Waals surface area contributed by atoms with Crippen molar-refractivity contribution in [1.29, 1.82) is 0 Å². The van der Waals surface area contributed by atoms with Gasteiger partial charge in [0.2, 0.25) is 0 Å². The summed E-state index contributed by atoms with van der Waals surface area (Å²) < 4.78 is 21.9. The summed E-state index contributed by atoms with van der Waals surface area (Å²) in [6.07, 6.45) is 0. The maximum atomic E-state index is 13.1. The lowest BCUT2D eigenvalue weighted by molar-refractivity contribution is -0.184. The van der Waals surface area contributed by atoms with E-state index in [1.807, 2.05) is 38.1 Å². The number of ether oxygens (including phenoxy) is 4. The van der Waals surface area contributed by atoms with Gasteiger partial charge in [-0.25, -0.2) is 0 Å². The largest absolute Gasteiger partial charge is 0.497 e. The van der Waals surface area contributed by atoms with Crippen LogP contribution in [0.4, 0.5) is 0 Å². The molecule has 0 aromatic heterocycles. The molecule has 1 saturated carbocycles. The molecule has 0 atom stereocenters. The van der Waals surface area contributed by atoms with Crippen LogP contribution in [0.1, 0.15) is 25.0 Å². The summed E-state index contributed by atoms with van der Waals surface area (Å²) in [5, 5.41) is 0. The van der Waals surface area contributed by atoms with Gasteiger partial charge < -0.3 is 18.9 Å². The van der Waals surface area contributed by atoms with Crippen LogP contribution >= 0.6 is 0 Å². The first-order valence-corrected chi connectivity index (χ1v) is 9.16. The standard InChI is InChI=1S/C22H20O6/c1-21-13-7-5-11(25-3)9-15(13)27-19(23)17(21)22(2)14-8-6-12(26-4)10-16(14)28-20(24)18(21)22/h5-10,17-18H,1-4H3. The summed E-state index contributed by atoms with van der Waals surface area (Å²) in [5.41, 5.74) is 0.240. The van der Waals surface area contributed by atoms with Crippen molar-refractivity contribution in [3.05, 3.63) is 47.5 Å². The lowest BCUT2D eigenvalue weighted by Crippen LogP contribution is -2.75. The molecule has 2 aromatic carbocycles. The lowest BCUT2D eigenvalue weighted by atomic mass is 9.35. The molecule has 6 heteroatoms. The number of fused-ring (bicyclic) bond motifs is 8. The number of carbonyl (C=O) groups is 2. The zero-order valence-electron chi connectivity index (χ0n) is 16.1. The molecule has 0 radical (unpaired) electrons. The fourth-order valence-electron chi connectivity index (χ4n) is 5.74. The Balaban J connectivity index is 1.71. The number of rotatable bonds is 2. The molecule has 0 saturated heterocycles. The average Bonchev–Trinajstić information content (AvgIpc) is 2.65. The Morgan fingerprint density at radius 1 is 0.750 bits per heavy atom. The Bertz CT molecular complexity index is 948. The summed E-state index contributed by atoms with van der Waals surface area (Å²) in [4.78, 5) is 26.2. The molecule has 0 N–H and O–H groups in total. The van der Waals surface area contributed by atoms with E-state index < -0.39 is 22.7 Å². The summed E-state index contributed by atoms with van der Waals surface area (Å²) in [7, 11) is 3.11. The van der Waals surface area contributed by atoms with Crippen molar-refractivity contribution in [2.24, 2.45) is 11.8 Å². The maximum absolute atomic E-state index is 13.1. The predicted molar refractivity (Wildman–Crippen MR) is 98.9 cm³/mol. The smallest absolute Gasteiger partial charge is 0.316 e. The molecule has 1 fully saturated rings. The van der Waals surface area contributed by atoms with Crippen LogP contribution in [0.5, 0.6) is 23.0 Å². The Hall–Kier alpha value is -3.02. The Morgan fingerprint density at radius 2 is 1.14 bits per heavy atom. The van der Waals surface area contributed by atoms with E-state index in [1.54, 1.807) is 26.4 Å². The van der Waals surface area contributed by atoms with Crippen LogP contribution < -0.4 is 18.9 Å². The predicted octanol–water partition coefficient (Wildman–Crippen LogP) is 3.00.